The van der Waals surface area contributed by atoms with Crippen molar-refractivity contribution in [1.29, 1.82) is 5.26 Å². The maximum atomic E-state index is 12.5. The number of rotatable bonds is 3. The van der Waals surface area contributed by atoms with Crippen molar-refractivity contribution in [1.82, 2.24) is 4.98 Å². The molecule has 0 atom stereocenters. The fourth-order valence-corrected chi connectivity index (χ4v) is 3.26. The van der Waals surface area contributed by atoms with Gasteiger partial charge >= 0.3 is 0 Å². The fraction of sp³-hybridized carbons (Fsp3) is 0. The van der Waals surface area contributed by atoms with Gasteiger partial charge in [-0.3, -0.25) is 14.9 Å². The first-order valence-corrected chi connectivity index (χ1v) is 8.49. The summed E-state index contributed by atoms with van der Waals surface area (Å²) < 4.78 is 0. The van der Waals surface area contributed by atoms with Crippen LogP contribution >= 0.6 is 0 Å². The molecule has 1 aromatic heterocycles. The first kappa shape index (κ1) is 17.2. The number of nitriles is 1. The molecule has 0 amide bonds. The van der Waals surface area contributed by atoms with E-state index in [4.69, 9.17) is 0 Å². The van der Waals surface area contributed by atoms with Gasteiger partial charge in [-0.2, -0.15) is 5.26 Å². The summed E-state index contributed by atoms with van der Waals surface area (Å²) in [7, 11) is 0. The van der Waals surface area contributed by atoms with E-state index < -0.39 is 10.5 Å². The van der Waals surface area contributed by atoms with Crippen molar-refractivity contribution < 1.29 is 4.92 Å². The second kappa shape index (κ2) is 6.82. The van der Waals surface area contributed by atoms with Crippen LogP contribution in [0.5, 0.6) is 0 Å². The molecule has 0 radical (unpaired) electrons. The summed E-state index contributed by atoms with van der Waals surface area (Å²) in [6.45, 7) is 0. The fourth-order valence-electron chi connectivity index (χ4n) is 3.26. The molecule has 0 saturated carbocycles. The zero-order valence-corrected chi connectivity index (χ0v) is 14.5. The highest BCUT2D eigenvalue weighted by Crippen LogP contribution is 2.33. The van der Waals surface area contributed by atoms with E-state index in [1.54, 1.807) is 18.2 Å². The lowest BCUT2D eigenvalue weighted by molar-refractivity contribution is -0.384. The maximum Gasteiger partial charge on any atom is 0.277 e. The number of nitro benzene ring substituents is 1. The van der Waals surface area contributed by atoms with Crippen LogP contribution in [-0.2, 0) is 0 Å². The van der Waals surface area contributed by atoms with Gasteiger partial charge in [0.1, 0.15) is 11.6 Å². The molecule has 1 heterocycles. The summed E-state index contributed by atoms with van der Waals surface area (Å²) in [5.74, 6) is 0. The van der Waals surface area contributed by atoms with Gasteiger partial charge in [-0.1, -0.05) is 48.5 Å². The van der Waals surface area contributed by atoms with Gasteiger partial charge in [0.25, 0.3) is 11.2 Å². The van der Waals surface area contributed by atoms with Crippen molar-refractivity contribution >= 4 is 16.5 Å². The van der Waals surface area contributed by atoms with Crippen LogP contribution in [0.25, 0.3) is 33.2 Å². The Morgan fingerprint density at radius 3 is 2.36 bits per heavy atom. The third-order valence-electron chi connectivity index (χ3n) is 4.60. The number of nitrogens with one attached hydrogen (secondary N) is 1. The van der Waals surface area contributed by atoms with Crippen LogP contribution in [0, 0.1) is 21.4 Å². The Hall–Kier alpha value is -4.24. The number of aromatic nitrogens is 1. The Bertz CT molecular complexity index is 1330. The predicted octanol–water partition coefficient (Wildman–Crippen LogP) is 4.64. The molecule has 0 aliphatic carbocycles. The quantitative estimate of drug-likeness (QED) is 0.421. The molecule has 0 bridgehead atoms. The van der Waals surface area contributed by atoms with Gasteiger partial charge < -0.3 is 4.98 Å². The predicted molar refractivity (Wildman–Crippen MR) is 107 cm³/mol. The topological polar surface area (TPSA) is 99.8 Å². The summed E-state index contributed by atoms with van der Waals surface area (Å²) in [4.78, 5) is 26.2. The Morgan fingerprint density at radius 2 is 1.61 bits per heavy atom. The lowest BCUT2D eigenvalue weighted by atomic mass is 9.97. The third-order valence-corrected chi connectivity index (χ3v) is 4.60. The van der Waals surface area contributed by atoms with Crippen LogP contribution < -0.4 is 5.56 Å². The number of para-hydroxylation sites is 1. The summed E-state index contributed by atoms with van der Waals surface area (Å²) in [6.07, 6.45) is 0. The molecule has 134 valence electrons. The number of nitro groups is 1. The highest BCUT2D eigenvalue weighted by Gasteiger charge is 2.20. The normalized spacial score (nSPS) is 10.5. The van der Waals surface area contributed by atoms with E-state index in [0.717, 1.165) is 16.3 Å². The van der Waals surface area contributed by atoms with E-state index in [-0.39, 0.29) is 22.4 Å². The van der Waals surface area contributed by atoms with Crippen LogP contribution in [-0.4, -0.2) is 9.91 Å². The van der Waals surface area contributed by atoms with Crippen LogP contribution in [0.4, 0.5) is 5.69 Å². The number of H-pyrrole nitrogens is 1. The molecule has 3 aromatic carbocycles. The van der Waals surface area contributed by atoms with E-state index in [1.807, 2.05) is 48.5 Å². The maximum absolute atomic E-state index is 12.5. The number of pyridine rings is 1. The Labute approximate surface area is 159 Å². The third kappa shape index (κ3) is 2.91. The molecule has 0 unspecified atom stereocenters. The van der Waals surface area contributed by atoms with Gasteiger partial charge in [0.05, 0.1) is 10.5 Å². The van der Waals surface area contributed by atoms with Crippen molar-refractivity contribution in [2.24, 2.45) is 0 Å². The van der Waals surface area contributed by atoms with E-state index >= 15 is 0 Å². The summed E-state index contributed by atoms with van der Waals surface area (Å²) >= 11 is 0. The van der Waals surface area contributed by atoms with Gasteiger partial charge in [-0.15, -0.1) is 0 Å². The standard InChI is InChI=1S/C22H13N3O3/c23-13-19-18(17-7-3-4-8-21(17)25(27)28)12-20(24-22(19)26)16-10-9-14-5-1-2-6-15(14)11-16/h1-12H,(H,24,26). The first-order chi connectivity index (χ1) is 13.6. The van der Waals surface area contributed by atoms with E-state index in [9.17, 15) is 20.2 Å². The van der Waals surface area contributed by atoms with Crippen molar-refractivity contribution in [2.75, 3.05) is 0 Å². The molecular weight excluding hydrogens is 354 g/mol. The molecule has 1 N–H and O–H groups in total. The van der Waals surface area contributed by atoms with Crippen LogP contribution in [0.1, 0.15) is 5.56 Å². The lowest BCUT2D eigenvalue weighted by Crippen LogP contribution is -2.13. The molecule has 28 heavy (non-hydrogen) atoms. The van der Waals surface area contributed by atoms with Crippen LogP contribution in [0.15, 0.2) is 77.6 Å². The Kier molecular flexibility index (Phi) is 4.18. The number of nitrogens with zero attached hydrogens (tertiary/aromatic N) is 2. The van der Waals surface area contributed by atoms with Gasteiger partial charge in [-0.25, -0.2) is 0 Å². The van der Waals surface area contributed by atoms with E-state index in [2.05, 4.69) is 4.98 Å². The molecule has 4 aromatic rings. The number of hydrogen-bond donors (Lipinski definition) is 1. The van der Waals surface area contributed by atoms with Gasteiger partial charge in [0.2, 0.25) is 0 Å². The second-order valence-electron chi connectivity index (χ2n) is 6.25. The highest BCUT2D eigenvalue weighted by atomic mass is 16.6. The Morgan fingerprint density at radius 1 is 0.893 bits per heavy atom. The molecule has 0 spiro atoms. The van der Waals surface area contributed by atoms with Gasteiger partial charge in [0.15, 0.2) is 0 Å². The molecule has 0 aliphatic rings. The molecule has 0 fully saturated rings. The average molecular weight is 367 g/mol. The SMILES string of the molecule is N#Cc1c(-c2ccccc2[N+](=O)[O-])cc(-c2ccc3ccccc3c2)[nH]c1=O. The van der Waals surface area contributed by atoms with Crippen molar-refractivity contribution in [3.8, 4) is 28.5 Å². The second-order valence-corrected chi connectivity index (χ2v) is 6.25. The summed E-state index contributed by atoms with van der Waals surface area (Å²) in [5, 5.41) is 22.9. The minimum Gasteiger partial charge on any atom is -0.321 e. The average Bonchev–Trinajstić information content (AvgIpc) is 2.72. The number of hydrogen-bond acceptors (Lipinski definition) is 4. The zero-order valence-electron chi connectivity index (χ0n) is 14.5. The van der Waals surface area contributed by atoms with E-state index in [1.165, 1.54) is 12.1 Å². The van der Waals surface area contributed by atoms with Crippen molar-refractivity contribution in [3.63, 3.8) is 0 Å². The minimum absolute atomic E-state index is 0.154. The number of aromatic amines is 1. The number of fused-ring (bicyclic) bond motifs is 1. The first-order valence-electron chi connectivity index (χ1n) is 8.49. The van der Waals surface area contributed by atoms with Crippen molar-refractivity contribution in [3.05, 3.63) is 98.8 Å². The summed E-state index contributed by atoms with van der Waals surface area (Å²) in [5.41, 5.74) is 0.816. The number of benzene rings is 3. The molecule has 6 heteroatoms. The minimum atomic E-state index is -0.582. The largest absolute Gasteiger partial charge is 0.321 e. The van der Waals surface area contributed by atoms with Crippen molar-refractivity contribution in [2.45, 2.75) is 0 Å². The molecule has 6 nitrogen and oxygen atoms in total. The molecule has 0 aliphatic heterocycles. The van der Waals surface area contributed by atoms with E-state index in [0.29, 0.717) is 5.69 Å². The molecule has 0 saturated heterocycles. The molecular formula is C22H13N3O3. The molecule has 4 rings (SSSR count). The Balaban J connectivity index is 1.98. The van der Waals surface area contributed by atoms with Gasteiger partial charge in [-0.05, 0) is 34.5 Å². The zero-order chi connectivity index (χ0) is 19.7. The van der Waals surface area contributed by atoms with Crippen LogP contribution in [0.3, 0.4) is 0 Å². The smallest absolute Gasteiger partial charge is 0.277 e. The lowest BCUT2D eigenvalue weighted by Gasteiger charge is -2.09. The van der Waals surface area contributed by atoms with Gasteiger partial charge in [0, 0.05) is 17.3 Å². The monoisotopic (exact) mass is 367 g/mol. The summed E-state index contributed by atoms with van der Waals surface area (Å²) in [6, 6.07) is 23.1. The van der Waals surface area contributed by atoms with Crippen LogP contribution in [0.2, 0.25) is 0 Å². The highest BCUT2D eigenvalue weighted by molar-refractivity contribution is 5.88.